The summed E-state index contributed by atoms with van der Waals surface area (Å²) in [5.41, 5.74) is 2.51. The minimum Gasteiger partial charge on any atom is -0.319 e. The third kappa shape index (κ3) is 5.10. The molecule has 0 aliphatic rings. The van der Waals surface area contributed by atoms with Crippen LogP contribution in [0.2, 0.25) is 5.02 Å². The summed E-state index contributed by atoms with van der Waals surface area (Å²) in [6, 6.07) is 6.37. The molecule has 2 heteroatoms. The van der Waals surface area contributed by atoms with E-state index in [9.17, 15) is 0 Å². The van der Waals surface area contributed by atoms with E-state index in [0.717, 1.165) is 23.9 Å². The predicted molar refractivity (Wildman–Crippen MR) is 76.8 cm³/mol. The fraction of sp³-hybridized carbons (Fsp3) is 0.600. The third-order valence-corrected chi connectivity index (χ3v) is 3.37. The first-order valence-corrected chi connectivity index (χ1v) is 6.80. The maximum atomic E-state index is 6.29. The molecule has 17 heavy (non-hydrogen) atoms. The van der Waals surface area contributed by atoms with Crippen molar-refractivity contribution in [1.29, 1.82) is 0 Å². The zero-order valence-electron chi connectivity index (χ0n) is 11.4. The average molecular weight is 254 g/mol. The Kier molecular flexibility index (Phi) is 6.01. The molecule has 0 aliphatic carbocycles. The SMILES string of the molecule is CNCC(Cc1ccc(C)cc1Cl)CC(C)C. The lowest BCUT2D eigenvalue weighted by molar-refractivity contribution is 0.395. The Morgan fingerprint density at radius 3 is 2.53 bits per heavy atom. The van der Waals surface area contributed by atoms with Gasteiger partial charge in [-0.2, -0.15) is 0 Å². The van der Waals surface area contributed by atoms with Crippen molar-refractivity contribution in [2.75, 3.05) is 13.6 Å². The summed E-state index contributed by atoms with van der Waals surface area (Å²) in [7, 11) is 2.02. The molecule has 0 saturated heterocycles. The van der Waals surface area contributed by atoms with Crippen molar-refractivity contribution in [1.82, 2.24) is 5.32 Å². The van der Waals surface area contributed by atoms with E-state index in [1.807, 2.05) is 7.05 Å². The highest BCUT2D eigenvalue weighted by Gasteiger charge is 2.12. The van der Waals surface area contributed by atoms with Gasteiger partial charge in [-0.05, 0) is 62.4 Å². The number of benzene rings is 1. The fourth-order valence-electron chi connectivity index (χ4n) is 2.32. The van der Waals surface area contributed by atoms with Crippen molar-refractivity contribution in [2.45, 2.75) is 33.6 Å². The van der Waals surface area contributed by atoms with Crippen LogP contribution in [0.25, 0.3) is 0 Å². The molecule has 0 spiro atoms. The van der Waals surface area contributed by atoms with Gasteiger partial charge in [-0.3, -0.25) is 0 Å². The summed E-state index contributed by atoms with van der Waals surface area (Å²) < 4.78 is 0. The van der Waals surface area contributed by atoms with Crippen LogP contribution < -0.4 is 5.32 Å². The van der Waals surface area contributed by atoms with E-state index >= 15 is 0 Å². The quantitative estimate of drug-likeness (QED) is 0.806. The second kappa shape index (κ2) is 7.03. The summed E-state index contributed by atoms with van der Waals surface area (Å²) in [5, 5.41) is 4.19. The van der Waals surface area contributed by atoms with E-state index in [4.69, 9.17) is 11.6 Å². The molecule has 0 radical (unpaired) electrons. The molecule has 0 saturated carbocycles. The molecule has 1 nitrogen and oxygen atoms in total. The van der Waals surface area contributed by atoms with Gasteiger partial charge in [0.15, 0.2) is 0 Å². The van der Waals surface area contributed by atoms with E-state index in [-0.39, 0.29) is 0 Å². The molecule has 0 amide bonds. The molecule has 1 aromatic carbocycles. The number of halogens is 1. The van der Waals surface area contributed by atoms with E-state index in [1.54, 1.807) is 0 Å². The Bertz CT molecular complexity index is 347. The van der Waals surface area contributed by atoms with E-state index < -0.39 is 0 Å². The van der Waals surface area contributed by atoms with Crippen molar-refractivity contribution in [3.05, 3.63) is 34.3 Å². The van der Waals surface area contributed by atoms with Gasteiger partial charge in [0.1, 0.15) is 0 Å². The maximum absolute atomic E-state index is 6.29. The Morgan fingerprint density at radius 2 is 2.00 bits per heavy atom. The molecular formula is C15H24ClN. The van der Waals surface area contributed by atoms with Gasteiger partial charge in [-0.1, -0.05) is 37.6 Å². The lowest BCUT2D eigenvalue weighted by atomic mass is 9.90. The Hall–Kier alpha value is -0.530. The van der Waals surface area contributed by atoms with Crippen LogP contribution in [-0.4, -0.2) is 13.6 Å². The van der Waals surface area contributed by atoms with Gasteiger partial charge in [0.25, 0.3) is 0 Å². The minimum absolute atomic E-state index is 0.667. The minimum atomic E-state index is 0.667. The topological polar surface area (TPSA) is 12.0 Å². The van der Waals surface area contributed by atoms with Gasteiger partial charge in [-0.15, -0.1) is 0 Å². The molecule has 0 aliphatic heterocycles. The normalized spacial score (nSPS) is 13.1. The lowest BCUT2D eigenvalue weighted by Gasteiger charge is -2.19. The summed E-state index contributed by atoms with van der Waals surface area (Å²) in [4.78, 5) is 0. The van der Waals surface area contributed by atoms with E-state index in [1.165, 1.54) is 17.5 Å². The number of rotatable bonds is 6. The van der Waals surface area contributed by atoms with Crippen molar-refractivity contribution >= 4 is 11.6 Å². The van der Waals surface area contributed by atoms with Crippen LogP contribution in [0.1, 0.15) is 31.4 Å². The Labute approximate surface area is 111 Å². The summed E-state index contributed by atoms with van der Waals surface area (Å²) >= 11 is 6.29. The Balaban J connectivity index is 2.71. The molecule has 96 valence electrons. The molecule has 1 aromatic rings. The summed E-state index contributed by atoms with van der Waals surface area (Å²) in [6.45, 7) is 7.69. The maximum Gasteiger partial charge on any atom is 0.0440 e. The number of hydrogen-bond donors (Lipinski definition) is 1. The molecule has 1 rings (SSSR count). The molecular weight excluding hydrogens is 230 g/mol. The standard InChI is InChI=1S/C15H24ClN/c1-11(2)7-13(10-17-4)9-14-6-5-12(3)8-15(14)16/h5-6,8,11,13,17H,7,9-10H2,1-4H3. The van der Waals surface area contributed by atoms with E-state index in [0.29, 0.717) is 5.92 Å². The molecule has 0 bridgehead atoms. The molecule has 0 heterocycles. The number of hydrogen-bond acceptors (Lipinski definition) is 1. The number of nitrogens with one attached hydrogen (secondary N) is 1. The Morgan fingerprint density at radius 1 is 1.29 bits per heavy atom. The van der Waals surface area contributed by atoms with Gasteiger partial charge in [0, 0.05) is 5.02 Å². The smallest absolute Gasteiger partial charge is 0.0440 e. The highest BCUT2D eigenvalue weighted by molar-refractivity contribution is 6.31. The largest absolute Gasteiger partial charge is 0.319 e. The monoisotopic (exact) mass is 253 g/mol. The van der Waals surface area contributed by atoms with Crippen LogP contribution >= 0.6 is 11.6 Å². The highest BCUT2D eigenvalue weighted by atomic mass is 35.5. The fourth-order valence-corrected chi connectivity index (χ4v) is 2.64. The molecule has 1 atom stereocenters. The molecule has 1 N–H and O–H groups in total. The van der Waals surface area contributed by atoms with Gasteiger partial charge in [-0.25, -0.2) is 0 Å². The second-order valence-corrected chi connectivity index (χ2v) is 5.76. The zero-order chi connectivity index (χ0) is 12.8. The lowest BCUT2D eigenvalue weighted by Crippen LogP contribution is -2.22. The van der Waals surface area contributed by atoms with Gasteiger partial charge in [0.2, 0.25) is 0 Å². The van der Waals surface area contributed by atoms with Crippen LogP contribution in [0.5, 0.6) is 0 Å². The molecule has 0 fully saturated rings. The second-order valence-electron chi connectivity index (χ2n) is 5.35. The molecule has 1 unspecified atom stereocenters. The van der Waals surface area contributed by atoms with Gasteiger partial charge in [0.05, 0.1) is 0 Å². The summed E-state index contributed by atoms with van der Waals surface area (Å²) in [6.07, 6.45) is 2.31. The van der Waals surface area contributed by atoms with Crippen molar-refractivity contribution in [2.24, 2.45) is 11.8 Å². The van der Waals surface area contributed by atoms with Crippen LogP contribution in [0.15, 0.2) is 18.2 Å². The molecule has 0 aromatic heterocycles. The van der Waals surface area contributed by atoms with Crippen LogP contribution in [-0.2, 0) is 6.42 Å². The predicted octanol–water partition coefficient (Wildman–Crippen LogP) is 4.07. The van der Waals surface area contributed by atoms with Crippen molar-refractivity contribution in [3.63, 3.8) is 0 Å². The first-order chi connectivity index (χ1) is 8.02. The first kappa shape index (κ1) is 14.5. The van der Waals surface area contributed by atoms with E-state index in [2.05, 4.69) is 44.3 Å². The number of aryl methyl sites for hydroxylation is 1. The van der Waals surface area contributed by atoms with Crippen LogP contribution in [0, 0.1) is 18.8 Å². The van der Waals surface area contributed by atoms with Crippen molar-refractivity contribution in [3.8, 4) is 0 Å². The zero-order valence-corrected chi connectivity index (χ0v) is 12.1. The highest BCUT2D eigenvalue weighted by Crippen LogP contribution is 2.23. The summed E-state index contributed by atoms with van der Waals surface area (Å²) in [5.74, 6) is 1.40. The van der Waals surface area contributed by atoms with Crippen LogP contribution in [0.3, 0.4) is 0 Å². The van der Waals surface area contributed by atoms with Crippen molar-refractivity contribution < 1.29 is 0 Å². The van der Waals surface area contributed by atoms with Gasteiger partial charge < -0.3 is 5.32 Å². The van der Waals surface area contributed by atoms with Gasteiger partial charge >= 0.3 is 0 Å². The van der Waals surface area contributed by atoms with Crippen LogP contribution in [0.4, 0.5) is 0 Å². The average Bonchev–Trinajstić information content (AvgIpc) is 2.21. The first-order valence-electron chi connectivity index (χ1n) is 6.42. The third-order valence-electron chi connectivity index (χ3n) is 3.01.